The SMILES string of the molecule is CSC(C)=C(CC(=O)O)C(F)(F)F. The summed E-state index contributed by atoms with van der Waals surface area (Å²) < 4.78 is 36.5. The highest BCUT2D eigenvalue weighted by Gasteiger charge is 2.36. The molecule has 0 aromatic carbocycles. The van der Waals surface area contributed by atoms with Gasteiger partial charge in [0, 0.05) is 0 Å². The van der Waals surface area contributed by atoms with Gasteiger partial charge in [-0.3, -0.25) is 4.79 Å². The van der Waals surface area contributed by atoms with Crippen molar-refractivity contribution in [2.45, 2.75) is 19.5 Å². The lowest BCUT2D eigenvalue weighted by atomic mass is 10.2. The Balaban J connectivity index is 4.88. The van der Waals surface area contributed by atoms with Gasteiger partial charge < -0.3 is 5.11 Å². The zero-order valence-corrected chi connectivity index (χ0v) is 7.92. The summed E-state index contributed by atoms with van der Waals surface area (Å²) in [6.45, 7) is 1.26. The molecule has 2 nitrogen and oxygen atoms in total. The lowest BCUT2D eigenvalue weighted by Gasteiger charge is -2.12. The molecular weight excluding hydrogens is 205 g/mol. The zero-order chi connectivity index (χ0) is 10.6. The Morgan fingerprint density at radius 1 is 1.46 bits per heavy atom. The van der Waals surface area contributed by atoms with E-state index in [0.29, 0.717) is 0 Å². The Morgan fingerprint density at radius 3 is 2.15 bits per heavy atom. The molecule has 1 N–H and O–H groups in total. The second kappa shape index (κ2) is 4.55. The second-order valence-corrected chi connectivity index (χ2v) is 3.33. The van der Waals surface area contributed by atoms with Gasteiger partial charge in [0.25, 0.3) is 0 Å². The Morgan fingerprint density at radius 2 is 1.92 bits per heavy atom. The second-order valence-electron chi connectivity index (χ2n) is 2.31. The number of alkyl halides is 3. The predicted molar refractivity (Wildman–Crippen MR) is 44.5 cm³/mol. The molecule has 76 valence electrons. The number of carboxylic acid groups (broad SMARTS) is 1. The normalized spacial score (nSPS) is 13.9. The Hall–Kier alpha value is -0.650. The molecule has 0 atom stereocenters. The minimum Gasteiger partial charge on any atom is -0.481 e. The van der Waals surface area contributed by atoms with Crippen LogP contribution < -0.4 is 0 Å². The highest BCUT2D eigenvalue weighted by atomic mass is 32.2. The van der Waals surface area contributed by atoms with Crippen LogP contribution in [0, 0.1) is 0 Å². The zero-order valence-electron chi connectivity index (χ0n) is 7.10. The van der Waals surface area contributed by atoms with Crippen LogP contribution in [0.5, 0.6) is 0 Å². The van der Waals surface area contributed by atoms with Gasteiger partial charge in [-0.1, -0.05) is 0 Å². The van der Waals surface area contributed by atoms with Crippen molar-refractivity contribution < 1.29 is 23.1 Å². The molecule has 0 rings (SSSR count). The summed E-state index contributed by atoms with van der Waals surface area (Å²) in [5.74, 6) is -1.47. The first-order chi connectivity index (χ1) is 5.79. The standard InChI is InChI=1S/C7H9F3O2S/c1-4(13-2)5(3-6(11)12)7(8,9)10/h3H2,1-2H3,(H,11,12). The molecule has 0 aliphatic heterocycles. The molecule has 0 aromatic heterocycles. The monoisotopic (exact) mass is 214 g/mol. The van der Waals surface area contributed by atoms with Gasteiger partial charge in [-0.25, -0.2) is 0 Å². The molecule has 0 saturated carbocycles. The molecule has 0 spiro atoms. The quantitative estimate of drug-likeness (QED) is 0.784. The maximum atomic E-state index is 12.2. The number of hydrogen-bond acceptors (Lipinski definition) is 2. The lowest BCUT2D eigenvalue weighted by molar-refractivity contribution is -0.139. The Labute approximate surface area is 77.8 Å². The van der Waals surface area contributed by atoms with Crippen LogP contribution >= 0.6 is 11.8 Å². The van der Waals surface area contributed by atoms with Gasteiger partial charge in [0.1, 0.15) is 0 Å². The summed E-state index contributed by atoms with van der Waals surface area (Å²) in [5, 5.41) is 8.25. The first kappa shape index (κ1) is 12.3. The van der Waals surface area contributed by atoms with Crippen LogP contribution in [0.25, 0.3) is 0 Å². The molecular formula is C7H9F3O2S. The van der Waals surface area contributed by atoms with Crippen molar-refractivity contribution in [3.05, 3.63) is 10.5 Å². The van der Waals surface area contributed by atoms with Crippen molar-refractivity contribution in [1.82, 2.24) is 0 Å². The molecule has 0 heterocycles. The minimum absolute atomic E-state index is 0.00472. The number of carbonyl (C=O) groups is 1. The van der Waals surface area contributed by atoms with Crippen LogP contribution in [-0.2, 0) is 4.79 Å². The van der Waals surface area contributed by atoms with E-state index in [1.807, 2.05) is 0 Å². The van der Waals surface area contributed by atoms with Gasteiger partial charge in [0.2, 0.25) is 0 Å². The molecule has 0 unspecified atom stereocenters. The molecule has 0 aliphatic rings. The minimum atomic E-state index is -4.55. The average Bonchev–Trinajstić information content (AvgIpc) is 1.96. The van der Waals surface area contributed by atoms with Gasteiger partial charge in [-0.2, -0.15) is 13.2 Å². The number of hydrogen-bond donors (Lipinski definition) is 1. The summed E-state index contributed by atoms with van der Waals surface area (Å²) in [5.41, 5.74) is -0.979. The predicted octanol–water partition coefficient (Wildman–Crippen LogP) is 2.66. The fourth-order valence-electron chi connectivity index (χ4n) is 0.699. The van der Waals surface area contributed by atoms with E-state index in [9.17, 15) is 18.0 Å². The fourth-order valence-corrected chi connectivity index (χ4v) is 1.13. The summed E-state index contributed by atoms with van der Waals surface area (Å²) in [4.78, 5) is 10.1. The number of carboxylic acids is 1. The van der Waals surface area contributed by atoms with Crippen molar-refractivity contribution >= 4 is 17.7 Å². The summed E-state index contributed by atoms with van der Waals surface area (Å²) in [6.07, 6.45) is -4.05. The van der Waals surface area contributed by atoms with E-state index in [4.69, 9.17) is 5.11 Å². The highest BCUT2D eigenvalue weighted by Crippen LogP contribution is 2.33. The third kappa shape index (κ3) is 4.21. The van der Waals surface area contributed by atoms with E-state index in [1.54, 1.807) is 0 Å². The van der Waals surface area contributed by atoms with Gasteiger partial charge in [-0.15, -0.1) is 11.8 Å². The van der Waals surface area contributed by atoms with Crippen molar-refractivity contribution in [1.29, 1.82) is 0 Å². The number of thioether (sulfide) groups is 1. The Kier molecular flexibility index (Phi) is 4.32. The van der Waals surface area contributed by atoms with Crippen LogP contribution in [-0.4, -0.2) is 23.5 Å². The molecule has 0 bridgehead atoms. The number of rotatable bonds is 3. The summed E-state index contributed by atoms with van der Waals surface area (Å²) >= 11 is 0.898. The average molecular weight is 214 g/mol. The summed E-state index contributed by atoms with van der Waals surface area (Å²) in [6, 6.07) is 0. The van der Waals surface area contributed by atoms with Gasteiger partial charge in [-0.05, 0) is 18.1 Å². The van der Waals surface area contributed by atoms with Crippen LogP contribution in [0.4, 0.5) is 13.2 Å². The maximum absolute atomic E-state index is 12.2. The first-order valence-electron chi connectivity index (χ1n) is 3.31. The van der Waals surface area contributed by atoms with E-state index in [1.165, 1.54) is 13.2 Å². The van der Waals surface area contributed by atoms with Crippen molar-refractivity contribution in [2.24, 2.45) is 0 Å². The van der Waals surface area contributed by atoms with Crippen molar-refractivity contribution in [2.75, 3.05) is 6.26 Å². The number of halogens is 3. The molecule has 0 saturated heterocycles. The molecule has 0 fully saturated rings. The highest BCUT2D eigenvalue weighted by molar-refractivity contribution is 8.02. The molecule has 0 aromatic rings. The van der Waals surface area contributed by atoms with Gasteiger partial charge in [0.15, 0.2) is 0 Å². The van der Waals surface area contributed by atoms with Crippen LogP contribution in [0.1, 0.15) is 13.3 Å². The summed E-state index contributed by atoms with van der Waals surface area (Å²) in [7, 11) is 0. The van der Waals surface area contributed by atoms with Crippen LogP contribution in [0.2, 0.25) is 0 Å². The maximum Gasteiger partial charge on any atom is 0.414 e. The van der Waals surface area contributed by atoms with E-state index in [2.05, 4.69) is 0 Å². The fraction of sp³-hybridized carbons (Fsp3) is 0.571. The first-order valence-corrected chi connectivity index (χ1v) is 4.54. The molecule has 13 heavy (non-hydrogen) atoms. The van der Waals surface area contributed by atoms with Crippen LogP contribution in [0.3, 0.4) is 0 Å². The van der Waals surface area contributed by atoms with Crippen molar-refractivity contribution in [3.63, 3.8) is 0 Å². The van der Waals surface area contributed by atoms with E-state index in [-0.39, 0.29) is 4.91 Å². The van der Waals surface area contributed by atoms with E-state index < -0.39 is 24.1 Å². The third-order valence-corrected chi connectivity index (χ3v) is 2.26. The van der Waals surface area contributed by atoms with Crippen molar-refractivity contribution in [3.8, 4) is 0 Å². The van der Waals surface area contributed by atoms with Gasteiger partial charge in [0.05, 0.1) is 12.0 Å². The number of aliphatic carboxylic acids is 1. The molecule has 0 amide bonds. The number of allylic oxidation sites excluding steroid dienone is 1. The van der Waals surface area contributed by atoms with Gasteiger partial charge >= 0.3 is 12.1 Å². The van der Waals surface area contributed by atoms with Crippen LogP contribution in [0.15, 0.2) is 10.5 Å². The largest absolute Gasteiger partial charge is 0.481 e. The molecule has 0 radical (unpaired) electrons. The van der Waals surface area contributed by atoms with E-state index in [0.717, 1.165) is 11.8 Å². The third-order valence-electron chi connectivity index (χ3n) is 1.40. The lowest BCUT2D eigenvalue weighted by Crippen LogP contribution is -2.16. The topological polar surface area (TPSA) is 37.3 Å². The smallest absolute Gasteiger partial charge is 0.414 e. The van der Waals surface area contributed by atoms with E-state index >= 15 is 0 Å². The molecule has 0 aliphatic carbocycles. The molecule has 6 heteroatoms. The Bertz CT molecular complexity index is 232.